The zero-order valence-electron chi connectivity index (χ0n) is 10.2. The zero-order chi connectivity index (χ0) is 11.3. The predicted octanol–water partition coefficient (Wildman–Crippen LogP) is 3.33. The first-order chi connectivity index (χ1) is 7.68. The van der Waals surface area contributed by atoms with E-state index in [9.17, 15) is 0 Å². The van der Waals surface area contributed by atoms with Crippen molar-refractivity contribution < 1.29 is 0 Å². The Balaban J connectivity index is 2.31. The molecule has 0 aliphatic heterocycles. The van der Waals surface area contributed by atoms with Gasteiger partial charge in [0.2, 0.25) is 0 Å². The number of hydrogen-bond donors (Lipinski definition) is 0. The Morgan fingerprint density at radius 1 is 1.31 bits per heavy atom. The van der Waals surface area contributed by atoms with E-state index in [1.165, 1.54) is 29.9 Å². The lowest BCUT2D eigenvalue weighted by molar-refractivity contribution is 0.415. The summed E-state index contributed by atoms with van der Waals surface area (Å²) in [5.74, 6) is 1.36. The van der Waals surface area contributed by atoms with Gasteiger partial charge in [-0.2, -0.15) is 0 Å². The van der Waals surface area contributed by atoms with Crippen molar-refractivity contribution in [3.8, 4) is 0 Å². The molecular formula is C14H18N2. The third-order valence-corrected chi connectivity index (χ3v) is 4.09. The standard InChI is InChI=1S/C14H18N2/c1-9-7-8-12-14(11(9)3)15-13-6-4-5-10(2)16(12)13/h4-6,9,11H,7-8H2,1-3H3. The molecule has 84 valence electrons. The smallest absolute Gasteiger partial charge is 0.137 e. The van der Waals surface area contributed by atoms with Gasteiger partial charge in [0.25, 0.3) is 0 Å². The van der Waals surface area contributed by atoms with E-state index >= 15 is 0 Å². The van der Waals surface area contributed by atoms with Gasteiger partial charge in [0, 0.05) is 17.3 Å². The van der Waals surface area contributed by atoms with E-state index in [1.54, 1.807) is 0 Å². The molecule has 0 aromatic carbocycles. The molecule has 1 aliphatic rings. The average molecular weight is 214 g/mol. The lowest BCUT2D eigenvalue weighted by Crippen LogP contribution is -2.16. The summed E-state index contributed by atoms with van der Waals surface area (Å²) in [5.41, 5.74) is 5.19. The molecule has 3 rings (SSSR count). The van der Waals surface area contributed by atoms with Crippen LogP contribution in [0.4, 0.5) is 0 Å². The summed E-state index contributed by atoms with van der Waals surface area (Å²) in [6.07, 6.45) is 2.46. The maximum absolute atomic E-state index is 4.81. The van der Waals surface area contributed by atoms with Crippen LogP contribution in [0.2, 0.25) is 0 Å². The van der Waals surface area contributed by atoms with Crippen LogP contribution < -0.4 is 0 Å². The molecule has 0 bridgehead atoms. The number of fused-ring (bicyclic) bond motifs is 3. The Hall–Kier alpha value is -1.31. The molecule has 2 unspecified atom stereocenters. The minimum Gasteiger partial charge on any atom is -0.301 e. The van der Waals surface area contributed by atoms with Gasteiger partial charge >= 0.3 is 0 Å². The highest BCUT2D eigenvalue weighted by Gasteiger charge is 2.27. The molecule has 1 aliphatic carbocycles. The topological polar surface area (TPSA) is 17.3 Å². The van der Waals surface area contributed by atoms with Crippen LogP contribution in [0, 0.1) is 12.8 Å². The van der Waals surface area contributed by atoms with Crippen LogP contribution in [0.15, 0.2) is 18.2 Å². The van der Waals surface area contributed by atoms with Crippen LogP contribution in [0.1, 0.15) is 43.3 Å². The molecule has 2 nitrogen and oxygen atoms in total. The molecule has 0 N–H and O–H groups in total. The Labute approximate surface area is 96.3 Å². The maximum atomic E-state index is 4.81. The highest BCUT2D eigenvalue weighted by Crippen LogP contribution is 2.35. The number of aryl methyl sites for hydroxylation is 2. The van der Waals surface area contributed by atoms with Gasteiger partial charge in [0.15, 0.2) is 0 Å². The fraction of sp³-hybridized carbons (Fsp3) is 0.500. The number of aromatic nitrogens is 2. The maximum Gasteiger partial charge on any atom is 0.137 e. The number of imidazole rings is 1. The van der Waals surface area contributed by atoms with Crippen molar-refractivity contribution in [1.29, 1.82) is 0 Å². The molecular weight excluding hydrogens is 196 g/mol. The Kier molecular flexibility index (Phi) is 2.06. The van der Waals surface area contributed by atoms with Crippen LogP contribution >= 0.6 is 0 Å². The van der Waals surface area contributed by atoms with Gasteiger partial charge in [-0.1, -0.05) is 19.9 Å². The number of nitrogens with zero attached hydrogens (tertiary/aromatic N) is 2. The number of hydrogen-bond acceptors (Lipinski definition) is 1. The summed E-state index contributed by atoms with van der Waals surface area (Å²) in [6, 6.07) is 6.37. The lowest BCUT2D eigenvalue weighted by Gasteiger charge is -2.25. The third kappa shape index (κ3) is 1.22. The summed E-state index contributed by atoms with van der Waals surface area (Å²) < 4.78 is 2.33. The highest BCUT2D eigenvalue weighted by atomic mass is 15.0. The Bertz CT molecular complexity index is 539. The van der Waals surface area contributed by atoms with Crippen molar-refractivity contribution in [1.82, 2.24) is 9.38 Å². The highest BCUT2D eigenvalue weighted by molar-refractivity contribution is 5.46. The van der Waals surface area contributed by atoms with E-state index in [0.717, 1.165) is 11.6 Å². The van der Waals surface area contributed by atoms with Gasteiger partial charge in [-0.25, -0.2) is 4.98 Å². The summed E-state index contributed by atoms with van der Waals surface area (Å²) in [4.78, 5) is 4.81. The molecule has 2 atom stereocenters. The van der Waals surface area contributed by atoms with Crippen LogP contribution in [0.5, 0.6) is 0 Å². The molecule has 0 radical (unpaired) electrons. The molecule has 0 saturated carbocycles. The van der Waals surface area contributed by atoms with Crippen molar-refractivity contribution in [2.45, 2.75) is 39.5 Å². The van der Waals surface area contributed by atoms with Crippen LogP contribution in [0.25, 0.3) is 5.65 Å². The van der Waals surface area contributed by atoms with Gasteiger partial charge in [0.1, 0.15) is 5.65 Å². The van der Waals surface area contributed by atoms with Crippen LogP contribution in [-0.4, -0.2) is 9.38 Å². The summed E-state index contributed by atoms with van der Waals surface area (Å²) in [6.45, 7) is 6.81. The Morgan fingerprint density at radius 3 is 2.94 bits per heavy atom. The zero-order valence-corrected chi connectivity index (χ0v) is 10.2. The second-order valence-electron chi connectivity index (χ2n) is 5.11. The van der Waals surface area contributed by atoms with Crippen molar-refractivity contribution >= 4 is 5.65 Å². The first-order valence-corrected chi connectivity index (χ1v) is 6.15. The van der Waals surface area contributed by atoms with Gasteiger partial charge in [0.05, 0.1) is 5.69 Å². The van der Waals surface area contributed by atoms with E-state index in [2.05, 4.69) is 43.4 Å². The van der Waals surface area contributed by atoms with Gasteiger partial charge in [-0.15, -0.1) is 0 Å². The minimum atomic E-state index is 0.600. The van der Waals surface area contributed by atoms with Crippen LogP contribution in [0.3, 0.4) is 0 Å². The predicted molar refractivity (Wildman–Crippen MR) is 65.8 cm³/mol. The van der Waals surface area contributed by atoms with E-state index in [-0.39, 0.29) is 0 Å². The molecule has 16 heavy (non-hydrogen) atoms. The van der Waals surface area contributed by atoms with Crippen molar-refractivity contribution in [2.24, 2.45) is 5.92 Å². The molecule has 0 spiro atoms. The molecule has 2 heteroatoms. The van der Waals surface area contributed by atoms with Crippen molar-refractivity contribution in [2.75, 3.05) is 0 Å². The largest absolute Gasteiger partial charge is 0.301 e. The second kappa shape index (κ2) is 3.34. The Morgan fingerprint density at radius 2 is 2.12 bits per heavy atom. The van der Waals surface area contributed by atoms with E-state index < -0.39 is 0 Å². The average Bonchev–Trinajstić information content (AvgIpc) is 2.64. The molecule has 0 saturated heterocycles. The first-order valence-electron chi connectivity index (χ1n) is 6.15. The van der Waals surface area contributed by atoms with E-state index in [4.69, 9.17) is 4.98 Å². The van der Waals surface area contributed by atoms with Gasteiger partial charge in [-0.05, 0) is 37.8 Å². The normalized spacial score (nSPS) is 24.7. The SMILES string of the molecule is Cc1cccc2nc3c(n12)CCC(C)C3C. The quantitative estimate of drug-likeness (QED) is 0.657. The minimum absolute atomic E-state index is 0.600. The summed E-state index contributed by atoms with van der Waals surface area (Å²) >= 11 is 0. The van der Waals surface area contributed by atoms with E-state index in [1.807, 2.05) is 0 Å². The molecule has 2 heterocycles. The fourth-order valence-corrected chi connectivity index (χ4v) is 2.83. The number of pyridine rings is 1. The van der Waals surface area contributed by atoms with Crippen molar-refractivity contribution in [3.05, 3.63) is 35.3 Å². The second-order valence-corrected chi connectivity index (χ2v) is 5.11. The molecule has 2 aromatic rings. The van der Waals surface area contributed by atoms with Crippen LogP contribution in [-0.2, 0) is 6.42 Å². The molecule has 0 amide bonds. The monoisotopic (exact) mass is 214 g/mol. The molecule has 0 fully saturated rings. The van der Waals surface area contributed by atoms with Crippen molar-refractivity contribution in [3.63, 3.8) is 0 Å². The fourth-order valence-electron chi connectivity index (χ4n) is 2.83. The van der Waals surface area contributed by atoms with Gasteiger partial charge < -0.3 is 4.40 Å². The summed E-state index contributed by atoms with van der Waals surface area (Å²) in [5, 5.41) is 0. The summed E-state index contributed by atoms with van der Waals surface area (Å²) in [7, 11) is 0. The van der Waals surface area contributed by atoms with Gasteiger partial charge in [-0.3, -0.25) is 0 Å². The molecule has 2 aromatic heterocycles. The van der Waals surface area contributed by atoms with E-state index in [0.29, 0.717) is 5.92 Å². The number of rotatable bonds is 0. The first kappa shape index (κ1) is 9.88. The third-order valence-electron chi connectivity index (χ3n) is 4.09. The lowest BCUT2D eigenvalue weighted by atomic mass is 9.82.